The van der Waals surface area contributed by atoms with Gasteiger partial charge in [0, 0.05) is 12.6 Å². The van der Waals surface area contributed by atoms with E-state index in [4.69, 9.17) is 4.74 Å². The van der Waals surface area contributed by atoms with Crippen molar-refractivity contribution in [2.45, 2.75) is 26.4 Å². The van der Waals surface area contributed by atoms with Gasteiger partial charge in [0.1, 0.15) is 12.4 Å². The van der Waals surface area contributed by atoms with Gasteiger partial charge < -0.3 is 20.5 Å². The lowest BCUT2D eigenvalue weighted by molar-refractivity contribution is 0.0166. The summed E-state index contributed by atoms with van der Waals surface area (Å²) in [7, 11) is 0. The van der Waals surface area contributed by atoms with Gasteiger partial charge in [0.05, 0.1) is 12.1 Å². The Morgan fingerprint density at radius 2 is 2.00 bits per heavy atom. The lowest BCUT2D eigenvalue weighted by Gasteiger charge is -2.27. The number of rotatable bonds is 7. The molecule has 1 unspecified atom stereocenters. The van der Waals surface area contributed by atoms with Crippen LogP contribution in [0.4, 0.5) is 13.6 Å². The van der Waals surface area contributed by atoms with Gasteiger partial charge in [0.25, 0.3) is 0 Å². The Hall–Kier alpha value is -1.89. The monoisotopic (exact) mass is 316 g/mol. The topological polar surface area (TPSA) is 70.6 Å². The summed E-state index contributed by atoms with van der Waals surface area (Å²) < 4.78 is 30.8. The zero-order valence-corrected chi connectivity index (χ0v) is 13.0. The first-order chi connectivity index (χ1) is 10.2. The van der Waals surface area contributed by atoms with Crippen LogP contribution in [0, 0.1) is 17.6 Å². The minimum Gasteiger partial charge on any atom is -0.492 e. The van der Waals surface area contributed by atoms with E-state index in [2.05, 4.69) is 10.6 Å². The van der Waals surface area contributed by atoms with Crippen LogP contribution in [0.15, 0.2) is 18.2 Å². The molecule has 22 heavy (non-hydrogen) atoms. The molecule has 124 valence electrons. The van der Waals surface area contributed by atoms with Gasteiger partial charge in [-0.2, -0.15) is 0 Å². The van der Waals surface area contributed by atoms with Crippen molar-refractivity contribution in [3.63, 3.8) is 0 Å². The summed E-state index contributed by atoms with van der Waals surface area (Å²) in [6.45, 7) is 5.78. The Labute approximate surface area is 128 Å². The van der Waals surface area contributed by atoms with Gasteiger partial charge in [0.2, 0.25) is 0 Å². The molecule has 0 saturated carbocycles. The molecule has 0 aromatic heterocycles. The maximum atomic E-state index is 12.9. The maximum Gasteiger partial charge on any atom is 0.315 e. The fourth-order valence-corrected chi connectivity index (χ4v) is 1.43. The number of amides is 2. The molecule has 1 aromatic carbocycles. The number of aliphatic hydroxyl groups is 1. The highest BCUT2D eigenvalue weighted by molar-refractivity contribution is 5.73. The summed E-state index contributed by atoms with van der Waals surface area (Å²) in [6, 6.07) is 2.78. The fraction of sp³-hybridized carbons (Fsp3) is 0.533. The van der Waals surface area contributed by atoms with Crippen LogP contribution in [0.25, 0.3) is 0 Å². The summed E-state index contributed by atoms with van der Waals surface area (Å²) in [5.74, 6) is -1.74. The molecule has 0 fully saturated rings. The molecule has 0 spiro atoms. The molecule has 0 aliphatic carbocycles. The Bertz CT molecular complexity index is 508. The van der Waals surface area contributed by atoms with E-state index in [0.29, 0.717) is 0 Å². The van der Waals surface area contributed by atoms with E-state index in [1.165, 1.54) is 6.07 Å². The van der Waals surface area contributed by atoms with Crippen molar-refractivity contribution in [2.75, 3.05) is 19.7 Å². The maximum absolute atomic E-state index is 12.9. The van der Waals surface area contributed by atoms with Crippen LogP contribution in [0.1, 0.15) is 20.8 Å². The predicted molar refractivity (Wildman–Crippen MR) is 78.7 cm³/mol. The molecule has 0 aliphatic rings. The Kier molecular flexibility index (Phi) is 6.55. The average Bonchev–Trinajstić information content (AvgIpc) is 2.45. The number of benzene rings is 1. The number of ether oxygens (including phenoxy) is 1. The van der Waals surface area contributed by atoms with Crippen molar-refractivity contribution in [1.82, 2.24) is 10.6 Å². The highest BCUT2D eigenvalue weighted by atomic mass is 19.2. The largest absolute Gasteiger partial charge is 0.492 e. The number of hydrogen-bond acceptors (Lipinski definition) is 3. The summed E-state index contributed by atoms with van der Waals surface area (Å²) in [6.07, 6.45) is 0. The molecule has 1 atom stereocenters. The second-order valence-electron chi connectivity index (χ2n) is 5.55. The second-order valence-corrected chi connectivity index (χ2v) is 5.55. The van der Waals surface area contributed by atoms with E-state index in [1.54, 1.807) is 6.92 Å². The fourth-order valence-electron chi connectivity index (χ4n) is 1.43. The van der Waals surface area contributed by atoms with Gasteiger partial charge >= 0.3 is 6.03 Å². The molecular formula is C15H22F2N2O3. The third kappa shape index (κ3) is 5.85. The SMILES string of the molecule is CC(C)C(C)(O)CNC(=O)NCCOc1ccc(F)c(F)c1. The Morgan fingerprint density at radius 3 is 2.59 bits per heavy atom. The summed E-state index contributed by atoms with van der Waals surface area (Å²) in [5.41, 5.74) is -0.987. The van der Waals surface area contributed by atoms with E-state index in [-0.39, 0.29) is 31.4 Å². The lowest BCUT2D eigenvalue weighted by atomic mass is 9.93. The van der Waals surface area contributed by atoms with Crippen LogP contribution in [0.3, 0.4) is 0 Å². The molecule has 0 saturated heterocycles. The van der Waals surface area contributed by atoms with Crippen LogP contribution < -0.4 is 15.4 Å². The zero-order chi connectivity index (χ0) is 16.8. The Balaban J connectivity index is 2.24. The second kappa shape index (κ2) is 7.93. The molecule has 1 rings (SSSR count). The molecule has 2 amide bonds. The van der Waals surface area contributed by atoms with Crippen molar-refractivity contribution >= 4 is 6.03 Å². The molecule has 5 nitrogen and oxygen atoms in total. The molecule has 0 radical (unpaired) electrons. The van der Waals surface area contributed by atoms with Gasteiger partial charge in [-0.3, -0.25) is 0 Å². The van der Waals surface area contributed by atoms with Crippen LogP contribution >= 0.6 is 0 Å². The van der Waals surface area contributed by atoms with Crippen molar-refractivity contribution in [3.8, 4) is 5.75 Å². The number of carbonyl (C=O) groups excluding carboxylic acids is 1. The third-order valence-corrected chi connectivity index (χ3v) is 3.40. The summed E-state index contributed by atoms with van der Waals surface area (Å²) in [5, 5.41) is 15.1. The van der Waals surface area contributed by atoms with Crippen molar-refractivity contribution in [2.24, 2.45) is 5.92 Å². The highest BCUT2D eigenvalue weighted by Crippen LogP contribution is 2.15. The van der Waals surface area contributed by atoms with Gasteiger partial charge in [-0.25, -0.2) is 13.6 Å². The molecule has 1 aromatic rings. The first-order valence-electron chi connectivity index (χ1n) is 7.04. The van der Waals surface area contributed by atoms with Crippen LogP contribution in [0.5, 0.6) is 5.75 Å². The lowest BCUT2D eigenvalue weighted by Crippen LogP contribution is -2.47. The third-order valence-electron chi connectivity index (χ3n) is 3.40. The van der Waals surface area contributed by atoms with Gasteiger partial charge in [-0.1, -0.05) is 13.8 Å². The van der Waals surface area contributed by atoms with E-state index in [1.807, 2.05) is 13.8 Å². The molecule has 7 heteroatoms. The van der Waals surface area contributed by atoms with Crippen LogP contribution in [-0.2, 0) is 0 Å². The quantitative estimate of drug-likeness (QED) is 0.674. The van der Waals surface area contributed by atoms with E-state index in [0.717, 1.165) is 12.1 Å². The molecule has 0 bridgehead atoms. The van der Waals surface area contributed by atoms with Crippen molar-refractivity contribution in [3.05, 3.63) is 29.8 Å². The van der Waals surface area contributed by atoms with Crippen LogP contribution in [-0.4, -0.2) is 36.4 Å². The van der Waals surface area contributed by atoms with Gasteiger partial charge in [0.15, 0.2) is 11.6 Å². The van der Waals surface area contributed by atoms with Crippen molar-refractivity contribution in [1.29, 1.82) is 0 Å². The van der Waals surface area contributed by atoms with E-state index < -0.39 is 23.3 Å². The van der Waals surface area contributed by atoms with Crippen molar-refractivity contribution < 1.29 is 23.4 Å². The first kappa shape index (κ1) is 18.2. The number of nitrogens with one attached hydrogen (secondary N) is 2. The standard InChI is InChI=1S/C15H22F2N2O3/c1-10(2)15(3,21)9-19-14(20)18-6-7-22-11-4-5-12(16)13(17)8-11/h4-5,8,10,21H,6-7,9H2,1-3H3,(H2,18,19,20). The van der Waals surface area contributed by atoms with E-state index in [9.17, 15) is 18.7 Å². The summed E-state index contributed by atoms with van der Waals surface area (Å²) >= 11 is 0. The molecular weight excluding hydrogens is 294 g/mol. The van der Waals surface area contributed by atoms with Crippen LogP contribution in [0.2, 0.25) is 0 Å². The molecule has 0 heterocycles. The van der Waals surface area contributed by atoms with E-state index >= 15 is 0 Å². The predicted octanol–water partition coefficient (Wildman–Crippen LogP) is 2.05. The smallest absolute Gasteiger partial charge is 0.315 e. The molecule has 3 N–H and O–H groups in total. The number of carbonyl (C=O) groups is 1. The average molecular weight is 316 g/mol. The minimum atomic E-state index is -0.987. The highest BCUT2D eigenvalue weighted by Gasteiger charge is 2.25. The number of halogens is 2. The normalized spacial score (nSPS) is 13.6. The van der Waals surface area contributed by atoms with Gasteiger partial charge in [-0.15, -0.1) is 0 Å². The number of urea groups is 1. The molecule has 0 aliphatic heterocycles. The summed E-state index contributed by atoms with van der Waals surface area (Å²) in [4.78, 5) is 11.5. The first-order valence-corrected chi connectivity index (χ1v) is 7.04. The zero-order valence-electron chi connectivity index (χ0n) is 13.0. The number of hydrogen-bond donors (Lipinski definition) is 3. The Morgan fingerprint density at radius 1 is 1.32 bits per heavy atom. The minimum absolute atomic E-state index is 0.00417. The van der Waals surface area contributed by atoms with Gasteiger partial charge in [-0.05, 0) is 25.0 Å².